The number of aryl methyl sites for hydroxylation is 1. The van der Waals surface area contributed by atoms with Crippen LogP contribution in [0.25, 0.3) is 0 Å². The van der Waals surface area contributed by atoms with Crippen LogP contribution in [0.4, 0.5) is 5.82 Å². The van der Waals surface area contributed by atoms with Crippen LogP contribution < -0.4 is 10.2 Å². The molecule has 29 heavy (non-hydrogen) atoms. The highest BCUT2D eigenvalue weighted by molar-refractivity contribution is 8.93. The van der Waals surface area contributed by atoms with E-state index < -0.39 is 0 Å². The molecule has 1 aromatic heterocycles. The van der Waals surface area contributed by atoms with Crippen molar-refractivity contribution in [3.05, 3.63) is 23.9 Å². The number of nitrogens with one attached hydrogen (secondary N) is 1. The number of halogens is 1. The number of hydrogen-bond acceptors (Lipinski definition) is 6. The lowest BCUT2D eigenvalue weighted by Gasteiger charge is -2.38. The Morgan fingerprint density at radius 3 is 2.79 bits per heavy atom. The molecule has 0 saturated carbocycles. The van der Waals surface area contributed by atoms with E-state index in [0.29, 0.717) is 33.0 Å². The zero-order valence-corrected chi connectivity index (χ0v) is 19.4. The fourth-order valence-corrected chi connectivity index (χ4v) is 3.42. The fraction of sp³-hybridized carbons (Fsp3) is 0.700. The molecule has 2 fully saturated rings. The number of methoxy groups -OCH3 is 1. The Bertz CT molecular complexity index is 634. The summed E-state index contributed by atoms with van der Waals surface area (Å²) < 4.78 is 16.5. The summed E-state index contributed by atoms with van der Waals surface area (Å²) >= 11 is 0. The van der Waals surface area contributed by atoms with Gasteiger partial charge in [-0.2, -0.15) is 0 Å². The van der Waals surface area contributed by atoms with Crippen LogP contribution in [0.15, 0.2) is 23.3 Å². The van der Waals surface area contributed by atoms with Gasteiger partial charge in [-0.3, -0.25) is 4.99 Å². The molecule has 2 saturated heterocycles. The molecule has 1 aromatic rings. The van der Waals surface area contributed by atoms with Crippen LogP contribution in [0.2, 0.25) is 0 Å². The summed E-state index contributed by atoms with van der Waals surface area (Å²) in [5.41, 5.74) is 1.24. The van der Waals surface area contributed by atoms with Gasteiger partial charge in [-0.25, -0.2) is 4.98 Å². The lowest BCUT2D eigenvalue weighted by atomic mass is 10.2. The van der Waals surface area contributed by atoms with E-state index in [1.54, 1.807) is 7.11 Å². The van der Waals surface area contributed by atoms with Crippen LogP contribution in [0.5, 0.6) is 0 Å². The number of guanidine groups is 1. The van der Waals surface area contributed by atoms with Crippen molar-refractivity contribution in [2.75, 3.05) is 71.2 Å². The van der Waals surface area contributed by atoms with Gasteiger partial charge in [-0.15, -0.1) is 17.0 Å². The van der Waals surface area contributed by atoms with Crippen molar-refractivity contribution in [2.24, 2.45) is 4.99 Å². The quantitative estimate of drug-likeness (QED) is 0.497. The Kier molecular flexibility index (Phi) is 10.1. The number of rotatable bonds is 6. The zero-order chi connectivity index (χ0) is 19.8. The molecule has 2 unspecified atom stereocenters. The molecule has 0 aliphatic carbocycles. The van der Waals surface area contributed by atoms with Crippen molar-refractivity contribution in [3.63, 3.8) is 0 Å². The van der Waals surface area contributed by atoms with E-state index >= 15 is 0 Å². The van der Waals surface area contributed by atoms with E-state index in [0.717, 1.165) is 38.0 Å². The van der Waals surface area contributed by atoms with Crippen molar-refractivity contribution < 1.29 is 14.2 Å². The first-order valence-electron chi connectivity index (χ1n) is 10.1. The van der Waals surface area contributed by atoms with Gasteiger partial charge in [0.1, 0.15) is 11.9 Å². The molecule has 0 spiro atoms. The van der Waals surface area contributed by atoms with Gasteiger partial charge in [0, 0.05) is 45.5 Å². The molecule has 3 heterocycles. The van der Waals surface area contributed by atoms with Crippen molar-refractivity contribution in [3.8, 4) is 0 Å². The molecule has 2 aliphatic rings. The molecule has 2 aliphatic heterocycles. The fourth-order valence-electron chi connectivity index (χ4n) is 3.42. The highest BCUT2D eigenvalue weighted by Gasteiger charge is 2.23. The molecule has 164 valence electrons. The Morgan fingerprint density at radius 2 is 2.14 bits per heavy atom. The van der Waals surface area contributed by atoms with E-state index in [4.69, 9.17) is 19.2 Å². The Hall–Kier alpha value is -1.42. The van der Waals surface area contributed by atoms with Crippen LogP contribution in [-0.4, -0.2) is 94.3 Å². The maximum absolute atomic E-state index is 5.73. The highest BCUT2D eigenvalue weighted by atomic mass is 79.9. The van der Waals surface area contributed by atoms with Gasteiger partial charge in [-0.1, -0.05) is 0 Å². The second-order valence-corrected chi connectivity index (χ2v) is 7.40. The summed E-state index contributed by atoms with van der Waals surface area (Å²) in [7, 11) is 1.72. The molecule has 0 aromatic carbocycles. The second-order valence-electron chi connectivity index (χ2n) is 7.40. The Morgan fingerprint density at radius 1 is 1.34 bits per heavy atom. The molecule has 0 radical (unpaired) electrons. The average molecular weight is 472 g/mol. The highest BCUT2D eigenvalue weighted by Crippen LogP contribution is 2.15. The normalized spacial score (nSPS) is 21.5. The molecule has 0 bridgehead atoms. The third-order valence-corrected chi connectivity index (χ3v) is 4.93. The van der Waals surface area contributed by atoms with Crippen LogP contribution in [0.3, 0.4) is 0 Å². The van der Waals surface area contributed by atoms with E-state index in [-0.39, 0.29) is 29.1 Å². The summed E-state index contributed by atoms with van der Waals surface area (Å²) in [4.78, 5) is 14.0. The number of aromatic nitrogens is 1. The first-order valence-corrected chi connectivity index (χ1v) is 10.1. The first-order chi connectivity index (χ1) is 13.7. The largest absolute Gasteiger partial charge is 0.383 e. The van der Waals surface area contributed by atoms with Crippen LogP contribution in [-0.2, 0) is 14.2 Å². The van der Waals surface area contributed by atoms with Crippen molar-refractivity contribution in [1.29, 1.82) is 0 Å². The number of pyridine rings is 1. The predicted molar refractivity (Wildman–Crippen MR) is 120 cm³/mol. The molecule has 2 atom stereocenters. The van der Waals surface area contributed by atoms with E-state index in [1.165, 1.54) is 5.56 Å². The van der Waals surface area contributed by atoms with E-state index in [2.05, 4.69) is 40.0 Å². The minimum Gasteiger partial charge on any atom is -0.383 e. The lowest BCUT2D eigenvalue weighted by Crippen LogP contribution is -2.55. The van der Waals surface area contributed by atoms with Gasteiger partial charge >= 0.3 is 0 Å². The smallest absolute Gasteiger partial charge is 0.194 e. The van der Waals surface area contributed by atoms with Crippen molar-refractivity contribution in [2.45, 2.75) is 26.0 Å². The van der Waals surface area contributed by atoms with Crippen LogP contribution in [0.1, 0.15) is 12.5 Å². The Balaban J connectivity index is 0.00000300. The molecule has 1 N–H and O–H groups in total. The molecule has 8 nitrogen and oxygen atoms in total. The van der Waals surface area contributed by atoms with Crippen molar-refractivity contribution in [1.82, 2.24) is 15.2 Å². The number of anilines is 1. The van der Waals surface area contributed by atoms with Gasteiger partial charge in [-0.05, 0) is 31.5 Å². The summed E-state index contributed by atoms with van der Waals surface area (Å²) in [5, 5.41) is 3.51. The molecule has 9 heteroatoms. The average Bonchev–Trinajstić information content (AvgIpc) is 2.72. The minimum atomic E-state index is 0. The summed E-state index contributed by atoms with van der Waals surface area (Å²) in [6, 6.07) is 4.36. The Labute approximate surface area is 184 Å². The number of piperazine rings is 1. The van der Waals surface area contributed by atoms with Gasteiger partial charge in [0.25, 0.3) is 0 Å². The standard InChI is InChI=1S/C20H33N5O3.BrH/c1-16-4-5-21-19(12-16)24-6-8-25(9-7-24)20(23-17(2)14-26-3)22-13-18-15-27-10-11-28-18;/h4-5,12,17-18H,6-11,13-15H2,1-3H3,(H,22,23);1H. The van der Waals surface area contributed by atoms with Crippen molar-refractivity contribution >= 4 is 28.8 Å². The molecule has 0 amide bonds. The summed E-state index contributed by atoms with van der Waals surface area (Å²) in [5.74, 6) is 1.96. The monoisotopic (exact) mass is 471 g/mol. The maximum atomic E-state index is 5.73. The van der Waals surface area contributed by atoms with Gasteiger partial charge in [0.05, 0.1) is 33.0 Å². The predicted octanol–water partition coefficient (Wildman–Crippen LogP) is 1.49. The maximum Gasteiger partial charge on any atom is 0.194 e. The topological polar surface area (TPSA) is 71.5 Å². The number of ether oxygens (including phenoxy) is 3. The number of hydrogen-bond donors (Lipinski definition) is 1. The molecular weight excluding hydrogens is 438 g/mol. The second kappa shape index (κ2) is 12.3. The zero-order valence-electron chi connectivity index (χ0n) is 17.7. The molecular formula is C20H34BrN5O3. The van der Waals surface area contributed by atoms with Crippen LogP contribution in [0, 0.1) is 6.92 Å². The third kappa shape index (κ3) is 7.40. The molecule has 3 rings (SSSR count). The lowest BCUT2D eigenvalue weighted by molar-refractivity contribution is -0.0833. The minimum absolute atomic E-state index is 0. The van der Waals surface area contributed by atoms with E-state index in [9.17, 15) is 0 Å². The third-order valence-electron chi connectivity index (χ3n) is 4.93. The SMILES string of the molecule is Br.COCC(C)NC(=NCC1COCCO1)N1CCN(c2cc(C)ccn2)CC1. The van der Waals surface area contributed by atoms with E-state index in [1.807, 2.05) is 12.3 Å². The number of nitrogens with zero attached hydrogens (tertiary/aromatic N) is 4. The first kappa shape index (κ1) is 23.9. The van der Waals surface area contributed by atoms with Gasteiger partial charge < -0.3 is 29.3 Å². The number of aliphatic imine (C=N–C) groups is 1. The summed E-state index contributed by atoms with van der Waals surface area (Å²) in [6.45, 7) is 11.0. The van der Waals surface area contributed by atoms with Crippen LogP contribution >= 0.6 is 17.0 Å². The van der Waals surface area contributed by atoms with Gasteiger partial charge in [0.15, 0.2) is 5.96 Å². The summed E-state index contributed by atoms with van der Waals surface area (Å²) in [6.07, 6.45) is 1.91. The van der Waals surface area contributed by atoms with Gasteiger partial charge in [0.2, 0.25) is 0 Å².